The van der Waals surface area contributed by atoms with Crippen LogP contribution in [0.5, 0.6) is 0 Å². The molecule has 0 aromatic carbocycles. The number of aromatic carboxylic acids is 1. The van der Waals surface area contributed by atoms with Crippen LogP contribution < -0.4 is 5.32 Å². The molecule has 0 fully saturated rings. The van der Waals surface area contributed by atoms with Gasteiger partial charge in [0, 0.05) is 16.3 Å². The summed E-state index contributed by atoms with van der Waals surface area (Å²) in [5.74, 6) is -1.01. The molecule has 0 aliphatic carbocycles. The average Bonchev–Trinajstić information content (AvgIpc) is 2.67. The van der Waals surface area contributed by atoms with E-state index >= 15 is 0 Å². The molecule has 0 unspecified atom stereocenters. The number of carboxylic acid groups (broad SMARTS) is 1. The van der Waals surface area contributed by atoms with Crippen LogP contribution >= 0.6 is 11.3 Å². The first-order valence-corrected chi connectivity index (χ1v) is 6.37. The van der Waals surface area contributed by atoms with Crippen molar-refractivity contribution >= 4 is 23.0 Å². The number of aryl methyl sites for hydroxylation is 2. The van der Waals surface area contributed by atoms with Gasteiger partial charge in [-0.25, -0.2) is 9.78 Å². The van der Waals surface area contributed by atoms with E-state index in [-0.39, 0.29) is 5.69 Å². The highest BCUT2D eigenvalue weighted by molar-refractivity contribution is 7.12. The third-order valence-corrected chi connectivity index (χ3v) is 3.82. The van der Waals surface area contributed by atoms with E-state index in [1.165, 1.54) is 27.6 Å². The number of hydrogen-bond donors (Lipinski definition) is 2. The molecule has 2 N–H and O–H groups in total. The lowest BCUT2D eigenvalue weighted by Gasteiger charge is -2.04. The smallest absolute Gasteiger partial charge is 0.354 e. The van der Waals surface area contributed by atoms with Crippen molar-refractivity contribution in [1.29, 1.82) is 0 Å². The highest BCUT2D eigenvalue weighted by Crippen LogP contribution is 2.21. The van der Waals surface area contributed by atoms with Crippen LogP contribution in [0.3, 0.4) is 0 Å². The average molecular weight is 262 g/mol. The molecular weight excluding hydrogens is 248 g/mol. The summed E-state index contributed by atoms with van der Waals surface area (Å²) in [5.41, 5.74) is 2.18. The molecule has 0 amide bonds. The molecule has 0 saturated heterocycles. The maximum atomic E-state index is 10.7. The molecule has 0 radical (unpaired) electrons. The van der Waals surface area contributed by atoms with E-state index in [4.69, 9.17) is 5.11 Å². The van der Waals surface area contributed by atoms with Gasteiger partial charge >= 0.3 is 5.97 Å². The summed E-state index contributed by atoms with van der Waals surface area (Å²) in [4.78, 5) is 17.1. The monoisotopic (exact) mass is 262 g/mol. The normalized spacial score (nSPS) is 10.3. The number of anilines is 1. The molecule has 0 aliphatic rings. The largest absolute Gasteiger partial charge is 0.477 e. The van der Waals surface area contributed by atoms with Crippen LogP contribution in [-0.2, 0) is 6.54 Å². The van der Waals surface area contributed by atoms with Crippen molar-refractivity contribution in [3.05, 3.63) is 45.4 Å². The Morgan fingerprint density at radius 3 is 2.72 bits per heavy atom. The first-order valence-electron chi connectivity index (χ1n) is 5.55. The second-order valence-corrected chi connectivity index (χ2v) is 5.38. The standard InChI is InChI=1S/C13H14N2O2S/c1-8-5-11(18-9(8)2)7-14-10-3-4-12(13(16)17)15-6-10/h3-6,14H,7H2,1-2H3,(H,16,17). The summed E-state index contributed by atoms with van der Waals surface area (Å²) in [6.45, 7) is 4.93. The van der Waals surface area contributed by atoms with Crippen molar-refractivity contribution in [2.75, 3.05) is 5.32 Å². The van der Waals surface area contributed by atoms with E-state index in [1.54, 1.807) is 17.4 Å². The minimum atomic E-state index is -1.01. The molecule has 2 aromatic rings. The molecule has 0 saturated carbocycles. The fourth-order valence-electron chi connectivity index (χ4n) is 1.55. The quantitative estimate of drug-likeness (QED) is 0.889. The predicted molar refractivity (Wildman–Crippen MR) is 72.3 cm³/mol. The predicted octanol–water partition coefficient (Wildman–Crippen LogP) is 3.07. The molecule has 0 spiro atoms. The minimum absolute atomic E-state index is 0.0587. The Hall–Kier alpha value is -1.88. The third-order valence-electron chi connectivity index (χ3n) is 2.67. The van der Waals surface area contributed by atoms with Gasteiger partial charge in [0.05, 0.1) is 11.9 Å². The minimum Gasteiger partial charge on any atom is -0.477 e. The highest BCUT2D eigenvalue weighted by atomic mass is 32.1. The van der Waals surface area contributed by atoms with E-state index in [9.17, 15) is 4.79 Å². The van der Waals surface area contributed by atoms with Crippen LogP contribution in [0.2, 0.25) is 0 Å². The molecule has 0 bridgehead atoms. The van der Waals surface area contributed by atoms with Crippen LogP contribution in [0.4, 0.5) is 5.69 Å². The van der Waals surface area contributed by atoms with Crippen molar-refractivity contribution in [2.45, 2.75) is 20.4 Å². The van der Waals surface area contributed by atoms with E-state index in [0.29, 0.717) is 0 Å². The molecule has 2 rings (SSSR count). The van der Waals surface area contributed by atoms with Gasteiger partial charge in [0.15, 0.2) is 0 Å². The lowest BCUT2D eigenvalue weighted by molar-refractivity contribution is 0.0690. The molecule has 5 heteroatoms. The topological polar surface area (TPSA) is 62.2 Å². The molecular formula is C13H14N2O2S. The lowest BCUT2D eigenvalue weighted by Crippen LogP contribution is -2.02. The summed E-state index contributed by atoms with van der Waals surface area (Å²) < 4.78 is 0. The fraction of sp³-hybridized carbons (Fsp3) is 0.231. The zero-order valence-corrected chi connectivity index (χ0v) is 11.0. The Labute approximate surface area is 109 Å². The summed E-state index contributed by atoms with van der Waals surface area (Å²) in [7, 11) is 0. The Kier molecular flexibility index (Phi) is 3.62. The van der Waals surface area contributed by atoms with Gasteiger partial charge in [-0.1, -0.05) is 0 Å². The molecule has 18 heavy (non-hydrogen) atoms. The van der Waals surface area contributed by atoms with Crippen molar-refractivity contribution in [3.8, 4) is 0 Å². The van der Waals surface area contributed by atoms with Gasteiger partial charge in [0.2, 0.25) is 0 Å². The summed E-state index contributed by atoms with van der Waals surface area (Å²) in [6.07, 6.45) is 1.54. The molecule has 2 aromatic heterocycles. The summed E-state index contributed by atoms with van der Waals surface area (Å²) in [6, 6.07) is 5.38. The Morgan fingerprint density at radius 1 is 1.44 bits per heavy atom. The van der Waals surface area contributed by atoms with Gasteiger partial charge < -0.3 is 10.4 Å². The SMILES string of the molecule is Cc1cc(CNc2ccc(C(=O)O)nc2)sc1C. The van der Waals surface area contributed by atoms with Crippen molar-refractivity contribution < 1.29 is 9.90 Å². The van der Waals surface area contributed by atoms with Crippen molar-refractivity contribution in [3.63, 3.8) is 0 Å². The Morgan fingerprint density at radius 2 is 2.22 bits per heavy atom. The Bertz CT molecular complexity index is 541. The number of nitrogens with one attached hydrogen (secondary N) is 1. The van der Waals surface area contributed by atoms with Crippen LogP contribution in [0.1, 0.15) is 25.8 Å². The highest BCUT2D eigenvalue weighted by Gasteiger charge is 2.04. The molecule has 4 nitrogen and oxygen atoms in total. The maximum Gasteiger partial charge on any atom is 0.354 e. The third kappa shape index (κ3) is 2.87. The van der Waals surface area contributed by atoms with Crippen molar-refractivity contribution in [2.24, 2.45) is 0 Å². The first kappa shape index (κ1) is 12.6. The van der Waals surface area contributed by atoms with Crippen LogP contribution in [-0.4, -0.2) is 16.1 Å². The van der Waals surface area contributed by atoms with Gasteiger partial charge in [0.25, 0.3) is 0 Å². The molecule has 2 heterocycles. The summed E-state index contributed by atoms with van der Waals surface area (Å²) in [5, 5.41) is 12.0. The number of pyridine rings is 1. The van der Waals surface area contributed by atoms with E-state index < -0.39 is 5.97 Å². The van der Waals surface area contributed by atoms with E-state index in [1.807, 2.05) is 0 Å². The second-order valence-electron chi connectivity index (χ2n) is 4.04. The number of carbonyl (C=O) groups is 1. The number of thiophene rings is 1. The number of hydrogen-bond acceptors (Lipinski definition) is 4. The lowest BCUT2D eigenvalue weighted by atomic mass is 10.3. The first-order chi connectivity index (χ1) is 8.56. The van der Waals surface area contributed by atoms with Crippen LogP contribution in [0.15, 0.2) is 24.4 Å². The number of aromatic nitrogens is 1. The summed E-state index contributed by atoms with van der Waals surface area (Å²) >= 11 is 1.76. The molecule has 0 aliphatic heterocycles. The second kappa shape index (κ2) is 5.18. The zero-order chi connectivity index (χ0) is 13.1. The molecule has 0 atom stereocenters. The van der Waals surface area contributed by atoms with Crippen LogP contribution in [0.25, 0.3) is 0 Å². The maximum absolute atomic E-state index is 10.7. The van der Waals surface area contributed by atoms with Crippen LogP contribution in [0, 0.1) is 13.8 Å². The number of rotatable bonds is 4. The van der Waals surface area contributed by atoms with E-state index in [2.05, 4.69) is 30.2 Å². The van der Waals surface area contributed by atoms with Gasteiger partial charge in [-0.05, 0) is 37.6 Å². The van der Waals surface area contributed by atoms with Gasteiger partial charge in [-0.15, -0.1) is 11.3 Å². The van der Waals surface area contributed by atoms with Crippen molar-refractivity contribution in [1.82, 2.24) is 4.98 Å². The fourth-order valence-corrected chi connectivity index (χ4v) is 2.54. The zero-order valence-electron chi connectivity index (χ0n) is 10.2. The number of nitrogens with zero attached hydrogens (tertiary/aromatic N) is 1. The molecule has 94 valence electrons. The van der Waals surface area contributed by atoms with Gasteiger partial charge in [0.1, 0.15) is 5.69 Å². The number of carboxylic acids is 1. The van der Waals surface area contributed by atoms with E-state index in [0.717, 1.165) is 12.2 Å². The van der Waals surface area contributed by atoms with Gasteiger partial charge in [-0.2, -0.15) is 0 Å². The Balaban J connectivity index is 2.00. The van der Waals surface area contributed by atoms with Gasteiger partial charge in [-0.3, -0.25) is 0 Å².